The maximum absolute atomic E-state index is 5.95. The lowest BCUT2D eigenvalue weighted by Crippen LogP contribution is -2.26. The SMILES string of the molecule is COc1ccccc1NC(N)=NCC1(C)CCCC1.I. The molecule has 1 aliphatic rings. The number of halogens is 1. The van der Waals surface area contributed by atoms with Gasteiger partial charge in [-0.3, -0.25) is 4.99 Å². The Bertz CT molecular complexity index is 456. The van der Waals surface area contributed by atoms with Crippen molar-refractivity contribution in [3.8, 4) is 5.75 Å². The van der Waals surface area contributed by atoms with Gasteiger partial charge in [-0.1, -0.05) is 31.9 Å². The molecule has 112 valence electrons. The van der Waals surface area contributed by atoms with Crippen LogP contribution in [-0.4, -0.2) is 19.6 Å². The Balaban J connectivity index is 0.00000200. The molecule has 1 fully saturated rings. The number of rotatable bonds is 4. The second-order valence-electron chi connectivity index (χ2n) is 5.54. The molecule has 0 unspecified atom stereocenters. The van der Waals surface area contributed by atoms with Crippen LogP contribution in [0.1, 0.15) is 32.6 Å². The zero-order chi connectivity index (χ0) is 13.7. The largest absolute Gasteiger partial charge is 0.495 e. The number of guanidine groups is 1. The fraction of sp³-hybridized carbons (Fsp3) is 0.533. The standard InChI is InChI=1S/C15H23N3O.HI/c1-15(9-5-6-10-15)11-17-14(16)18-12-7-3-4-8-13(12)19-2;/h3-4,7-8H,5-6,9-11H2,1-2H3,(H3,16,17,18);1H. The minimum Gasteiger partial charge on any atom is -0.495 e. The maximum Gasteiger partial charge on any atom is 0.193 e. The average molecular weight is 389 g/mol. The Labute approximate surface area is 138 Å². The zero-order valence-electron chi connectivity index (χ0n) is 12.2. The minimum absolute atomic E-state index is 0. The van der Waals surface area contributed by atoms with Gasteiger partial charge in [0.25, 0.3) is 0 Å². The summed E-state index contributed by atoms with van der Waals surface area (Å²) in [5.41, 5.74) is 7.13. The van der Waals surface area contributed by atoms with E-state index in [1.165, 1.54) is 25.7 Å². The van der Waals surface area contributed by atoms with E-state index >= 15 is 0 Å². The molecule has 1 saturated carbocycles. The Hall–Kier alpha value is -0.980. The summed E-state index contributed by atoms with van der Waals surface area (Å²) in [6.45, 7) is 3.08. The molecule has 5 heteroatoms. The summed E-state index contributed by atoms with van der Waals surface area (Å²) < 4.78 is 5.27. The molecule has 1 aliphatic carbocycles. The van der Waals surface area contributed by atoms with Crippen LogP contribution < -0.4 is 15.8 Å². The van der Waals surface area contributed by atoms with Crippen LogP contribution in [0.15, 0.2) is 29.3 Å². The summed E-state index contributed by atoms with van der Waals surface area (Å²) in [5, 5.41) is 3.11. The lowest BCUT2D eigenvalue weighted by molar-refractivity contribution is 0.351. The molecule has 0 radical (unpaired) electrons. The molecule has 0 amide bonds. The number of anilines is 1. The summed E-state index contributed by atoms with van der Waals surface area (Å²) in [6, 6.07) is 7.69. The molecule has 1 aromatic rings. The van der Waals surface area contributed by atoms with E-state index < -0.39 is 0 Å². The Kier molecular flexibility index (Phi) is 6.58. The molecule has 20 heavy (non-hydrogen) atoms. The number of nitrogens with two attached hydrogens (primary N) is 1. The van der Waals surface area contributed by atoms with Gasteiger partial charge in [-0.15, -0.1) is 24.0 Å². The van der Waals surface area contributed by atoms with E-state index in [9.17, 15) is 0 Å². The van der Waals surface area contributed by atoms with E-state index in [2.05, 4.69) is 17.2 Å². The van der Waals surface area contributed by atoms with Crippen LogP contribution in [0.3, 0.4) is 0 Å². The average Bonchev–Trinajstić information content (AvgIpc) is 2.85. The van der Waals surface area contributed by atoms with Crippen LogP contribution in [0.2, 0.25) is 0 Å². The number of nitrogens with zero attached hydrogens (tertiary/aromatic N) is 1. The number of benzene rings is 1. The minimum atomic E-state index is 0. The van der Waals surface area contributed by atoms with Gasteiger partial charge in [0.1, 0.15) is 5.75 Å². The molecule has 3 N–H and O–H groups in total. The van der Waals surface area contributed by atoms with Gasteiger partial charge in [0.15, 0.2) is 5.96 Å². The number of hydrogen-bond acceptors (Lipinski definition) is 2. The first-order valence-corrected chi connectivity index (χ1v) is 6.83. The summed E-state index contributed by atoms with van der Waals surface area (Å²) in [7, 11) is 1.65. The van der Waals surface area contributed by atoms with Crippen LogP contribution in [0, 0.1) is 5.41 Å². The molecular weight excluding hydrogens is 365 g/mol. The van der Waals surface area contributed by atoms with E-state index in [4.69, 9.17) is 10.5 Å². The van der Waals surface area contributed by atoms with Crippen LogP contribution in [0.25, 0.3) is 0 Å². The molecule has 0 atom stereocenters. The van der Waals surface area contributed by atoms with Crippen molar-refractivity contribution in [1.29, 1.82) is 0 Å². The molecule has 0 heterocycles. The van der Waals surface area contributed by atoms with Gasteiger partial charge in [0.2, 0.25) is 0 Å². The maximum atomic E-state index is 5.95. The number of hydrogen-bond donors (Lipinski definition) is 2. The van der Waals surface area contributed by atoms with Crippen molar-refractivity contribution >= 4 is 35.6 Å². The Morgan fingerprint density at radius 1 is 1.35 bits per heavy atom. The highest BCUT2D eigenvalue weighted by molar-refractivity contribution is 14.0. The normalized spacial score (nSPS) is 17.4. The number of aliphatic imine (C=N–C) groups is 1. The number of ether oxygens (including phenoxy) is 1. The third kappa shape index (κ3) is 4.54. The van der Waals surface area contributed by atoms with E-state index in [0.717, 1.165) is 18.0 Å². The lowest BCUT2D eigenvalue weighted by atomic mass is 9.89. The summed E-state index contributed by atoms with van der Waals surface area (Å²) in [6.07, 6.45) is 5.12. The molecule has 0 saturated heterocycles. The van der Waals surface area contributed by atoms with Gasteiger partial charge in [-0.05, 0) is 30.4 Å². The first-order valence-electron chi connectivity index (χ1n) is 6.83. The zero-order valence-corrected chi connectivity index (χ0v) is 14.5. The first kappa shape index (κ1) is 17.1. The van der Waals surface area contributed by atoms with Crippen molar-refractivity contribution in [2.45, 2.75) is 32.6 Å². The van der Waals surface area contributed by atoms with Crippen molar-refractivity contribution in [2.24, 2.45) is 16.1 Å². The predicted octanol–water partition coefficient (Wildman–Crippen LogP) is 3.62. The molecule has 4 nitrogen and oxygen atoms in total. The van der Waals surface area contributed by atoms with Gasteiger partial charge >= 0.3 is 0 Å². The van der Waals surface area contributed by atoms with Gasteiger partial charge < -0.3 is 15.8 Å². The monoisotopic (exact) mass is 389 g/mol. The van der Waals surface area contributed by atoms with Crippen LogP contribution >= 0.6 is 24.0 Å². The van der Waals surface area contributed by atoms with Crippen molar-refractivity contribution in [1.82, 2.24) is 0 Å². The molecule has 1 aromatic carbocycles. The van der Waals surface area contributed by atoms with Crippen molar-refractivity contribution in [2.75, 3.05) is 19.0 Å². The fourth-order valence-electron chi connectivity index (χ4n) is 2.59. The van der Waals surface area contributed by atoms with E-state index in [0.29, 0.717) is 11.4 Å². The lowest BCUT2D eigenvalue weighted by Gasteiger charge is -2.20. The first-order chi connectivity index (χ1) is 9.13. The third-order valence-corrected chi connectivity index (χ3v) is 3.81. The smallest absolute Gasteiger partial charge is 0.193 e. The molecule has 2 rings (SSSR count). The second-order valence-corrected chi connectivity index (χ2v) is 5.54. The molecule has 0 aliphatic heterocycles. The summed E-state index contributed by atoms with van der Waals surface area (Å²) in [4.78, 5) is 4.48. The van der Waals surface area contributed by atoms with Crippen molar-refractivity contribution in [3.63, 3.8) is 0 Å². The number of para-hydroxylation sites is 2. The number of nitrogens with one attached hydrogen (secondary N) is 1. The quantitative estimate of drug-likeness (QED) is 0.470. The molecule has 0 aromatic heterocycles. The topological polar surface area (TPSA) is 59.6 Å². The Morgan fingerprint density at radius 2 is 2.00 bits per heavy atom. The van der Waals surface area contributed by atoms with Crippen LogP contribution in [0.5, 0.6) is 5.75 Å². The number of methoxy groups -OCH3 is 1. The highest BCUT2D eigenvalue weighted by atomic mass is 127. The predicted molar refractivity (Wildman–Crippen MR) is 95.1 cm³/mol. The van der Waals surface area contributed by atoms with Gasteiger partial charge in [0.05, 0.1) is 12.8 Å². The highest BCUT2D eigenvalue weighted by Crippen LogP contribution is 2.37. The Morgan fingerprint density at radius 3 is 2.65 bits per heavy atom. The van der Waals surface area contributed by atoms with E-state index in [1.807, 2.05) is 24.3 Å². The van der Waals surface area contributed by atoms with Gasteiger partial charge in [-0.25, -0.2) is 0 Å². The van der Waals surface area contributed by atoms with Crippen LogP contribution in [0.4, 0.5) is 5.69 Å². The fourth-order valence-corrected chi connectivity index (χ4v) is 2.59. The van der Waals surface area contributed by atoms with Crippen LogP contribution in [-0.2, 0) is 0 Å². The van der Waals surface area contributed by atoms with E-state index in [1.54, 1.807) is 7.11 Å². The third-order valence-electron chi connectivity index (χ3n) is 3.81. The van der Waals surface area contributed by atoms with Crippen molar-refractivity contribution < 1.29 is 4.74 Å². The highest BCUT2D eigenvalue weighted by Gasteiger charge is 2.28. The van der Waals surface area contributed by atoms with Gasteiger partial charge in [0, 0.05) is 6.54 Å². The molecule has 0 bridgehead atoms. The van der Waals surface area contributed by atoms with Crippen molar-refractivity contribution in [3.05, 3.63) is 24.3 Å². The second kappa shape index (κ2) is 7.71. The summed E-state index contributed by atoms with van der Waals surface area (Å²) >= 11 is 0. The summed E-state index contributed by atoms with van der Waals surface area (Å²) in [5.74, 6) is 1.23. The van der Waals surface area contributed by atoms with E-state index in [-0.39, 0.29) is 24.0 Å². The molecular formula is C15H24IN3O. The molecule has 0 spiro atoms. The van der Waals surface area contributed by atoms with Gasteiger partial charge in [-0.2, -0.15) is 0 Å².